The van der Waals surface area contributed by atoms with Crippen molar-refractivity contribution in [2.75, 3.05) is 31.4 Å². The van der Waals surface area contributed by atoms with Crippen molar-refractivity contribution in [3.05, 3.63) is 23.4 Å². The number of carbonyl (C=O) groups excluding carboxylic acids is 1. The number of ether oxygens (including phenoxy) is 1. The Kier molecular flexibility index (Phi) is 5.29. The zero-order valence-corrected chi connectivity index (χ0v) is 13.2. The maximum atomic E-state index is 11.6. The number of hydrogen-bond donors (Lipinski definition) is 0. The zero-order chi connectivity index (χ0) is 14.5. The lowest BCUT2D eigenvalue weighted by Gasteiger charge is -2.25. The summed E-state index contributed by atoms with van der Waals surface area (Å²) in [4.78, 5) is 18.5. The summed E-state index contributed by atoms with van der Waals surface area (Å²) in [6, 6.07) is 3.75. The molecule has 20 heavy (non-hydrogen) atoms. The van der Waals surface area contributed by atoms with Crippen molar-refractivity contribution in [2.24, 2.45) is 0 Å². The molecular formula is C15H22N2O2S. The van der Waals surface area contributed by atoms with Crippen LogP contribution in [0.2, 0.25) is 0 Å². The summed E-state index contributed by atoms with van der Waals surface area (Å²) in [6.45, 7) is 3.94. The normalized spacial score (nSPS) is 19.6. The van der Waals surface area contributed by atoms with Crippen LogP contribution >= 0.6 is 11.8 Å². The van der Waals surface area contributed by atoms with Crippen molar-refractivity contribution in [1.29, 1.82) is 0 Å². The van der Waals surface area contributed by atoms with Crippen molar-refractivity contribution in [1.82, 2.24) is 4.98 Å². The molecule has 1 aromatic heterocycles. The summed E-state index contributed by atoms with van der Waals surface area (Å²) in [5.74, 6) is 0.649. The molecule has 0 radical (unpaired) electrons. The van der Waals surface area contributed by atoms with E-state index in [-0.39, 0.29) is 5.97 Å². The van der Waals surface area contributed by atoms with E-state index in [1.165, 1.54) is 26.4 Å². The number of methoxy groups -OCH3 is 1. The number of pyridine rings is 1. The number of esters is 1. The van der Waals surface area contributed by atoms with Crippen molar-refractivity contribution >= 4 is 23.5 Å². The number of aryl methyl sites for hydroxylation is 1. The van der Waals surface area contributed by atoms with E-state index in [0.717, 1.165) is 24.6 Å². The van der Waals surface area contributed by atoms with Crippen LogP contribution in [0, 0.1) is 6.92 Å². The third kappa shape index (κ3) is 3.45. The van der Waals surface area contributed by atoms with Gasteiger partial charge in [0.05, 0.1) is 18.4 Å². The van der Waals surface area contributed by atoms with Crippen LogP contribution in [0.3, 0.4) is 0 Å². The van der Waals surface area contributed by atoms with Gasteiger partial charge in [0.1, 0.15) is 5.82 Å². The second kappa shape index (κ2) is 6.97. The van der Waals surface area contributed by atoms with Gasteiger partial charge in [-0.2, -0.15) is 11.8 Å². The van der Waals surface area contributed by atoms with Crippen LogP contribution in [0.15, 0.2) is 12.1 Å². The SMILES string of the molecule is COC(=O)c1ccc(N2CCCCC(SC)C2)nc1C. The molecule has 0 aromatic carbocycles. The molecular weight excluding hydrogens is 272 g/mol. The summed E-state index contributed by atoms with van der Waals surface area (Å²) >= 11 is 1.93. The van der Waals surface area contributed by atoms with Crippen LogP contribution in [-0.4, -0.2) is 42.7 Å². The lowest BCUT2D eigenvalue weighted by molar-refractivity contribution is 0.0599. The van der Waals surface area contributed by atoms with Gasteiger partial charge in [-0.1, -0.05) is 6.42 Å². The average molecular weight is 294 g/mol. The minimum atomic E-state index is -0.320. The maximum absolute atomic E-state index is 11.6. The molecule has 0 aliphatic carbocycles. The highest BCUT2D eigenvalue weighted by atomic mass is 32.2. The second-order valence-corrected chi connectivity index (χ2v) is 6.23. The summed E-state index contributed by atoms with van der Waals surface area (Å²) in [6.07, 6.45) is 5.93. The predicted octanol–water partition coefficient (Wildman–Crippen LogP) is 2.90. The highest BCUT2D eigenvalue weighted by Gasteiger charge is 2.19. The average Bonchev–Trinajstić information content (AvgIpc) is 2.71. The fourth-order valence-electron chi connectivity index (χ4n) is 2.55. The molecule has 0 bridgehead atoms. The Bertz CT molecular complexity index is 479. The van der Waals surface area contributed by atoms with Crippen LogP contribution < -0.4 is 4.90 Å². The van der Waals surface area contributed by atoms with Gasteiger partial charge < -0.3 is 9.64 Å². The van der Waals surface area contributed by atoms with E-state index in [9.17, 15) is 4.79 Å². The number of carbonyl (C=O) groups is 1. The quantitative estimate of drug-likeness (QED) is 0.802. The first kappa shape index (κ1) is 15.2. The first-order valence-electron chi connectivity index (χ1n) is 6.99. The van der Waals surface area contributed by atoms with E-state index in [4.69, 9.17) is 4.74 Å². The van der Waals surface area contributed by atoms with Gasteiger partial charge in [0.2, 0.25) is 0 Å². The van der Waals surface area contributed by atoms with Crippen molar-refractivity contribution < 1.29 is 9.53 Å². The highest BCUT2D eigenvalue weighted by Crippen LogP contribution is 2.24. The molecule has 0 saturated carbocycles. The molecule has 110 valence electrons. The second-order valence-electron chi connectivity index (χ2n) is 5.09. The molecule has 0 N–H and O–H groups in total. The smallest absolute Gasteiger partial charge is 0.339 e. The molecule has 1 unspecified atom stereocenters. The highest BCUT2D eigenvalue weighted by molar-refractivity contribution is 7.99. The third-order valence-electron chi connectivity index (χ3n) is 3.76. The fraction of sp³-hybridized carbons (Fsp3) is 0.600. The van der Waals surface area contributed by atoms with Gasteiger partial charge in [-0.15, -0.1) is 0 Å². The monoisotopic (exact) mass is 294 g/mol. The molecule has 5 heteroatoms. The lowest BCUT2D eigenvalue weighted by atomic mass is 10.2. The summed E-state index contributed by atoms with van der Waals surface area (Å²) in [5, 5.41) is 0.667. The largest absolute Gasteiger partial charge is 0.465 e. The van der Waals surface area contributed by atoms with E-state index in [0.29, 0.717) is 10.8 Å². The Morgan fingerprint density at radius 3 is 2.90 bits per heavy atom. The molecule has 2 heterocycles. The number of nitrogens with zero attached hydrogens (tertiary/aromatic N) is 2. The summed E-state index contributed by atoms with van der Waals surface area (Å²) < 4.78 is 4.76. The maximum Gasteiger partial charge on any atom is 0.339 e. The minimum Gasteiger partial charge on any atom is -0.465 e. The molecule has 4 nitrogen and oxygen atoms in total. The van der Waals surface area contributed by atoms with E-state index in [2.05, 4.69) is 16.1 Å². The first-order valence-corrected chi connectivity index (χ1v) is 8.28. The molecule has 1 aromatic rings. The Morgan fingerprint density at radius 1 is 1.45 bits per heavy atom. The van der Waals surface area contributed by atoms with Crippen LogP contribution in [-0.2, 0) is 4.74 Å². The standard InChI is InChI=1S/C15H22N2O2S/c1-11-13(15(18)19-2)7-8-14(16-11)17-9-5-4-6-12(10-17)20-3/h7-8,12H,4-6,9-10H2,1-3H3. The van der Waals surface area contributed by atoms with Gasteiger partial charge in [0.25, 0.3) is 0 Å². The number of hydrogen-bond acceptors (Lipinski definition) is 5. The van der Waals surface area contributed by atoms with Gasteiger partial charge >= 0.3 is 5.97 Å². The number of aromatic nitrogens is 1. The van der Waals surface area contributed by atoms with E-state index >= 15 is 0 Å². The molecule has 1 aliphatic heterocycles. The van der Waals surface area contributed by atoms with Crippen molar-refractivity contribution in [3.8, 4) is 0 Å². The Balaban J connectivity index is 2.19. The van der Waals surface area contributed by atoms with Crippen LogP contribution in [0.25, 0.3) is 0 Å². The van der Waals surface area contributed by atoms with Gasteiger partial charge in [-0.25, -0.2) is 9.78 Å². The first-order chi connectivity index (χ1) is 9.65. The fourth-order valence-corrected chi connectivity index (χ4v) is 3.28. The molecule has 1 aliphatic rings. The molecule has 0 amide bonds. The molecule has 2 rings (SSSR count). The van der Waals surface area contributed by atoms with Crippen LogP contribution in [0.1, 0.15) is 35.3 Å². The van der Waals surface area contributed by atoms with Crippen molar-refractivity contribution in [2.45, 2.75) is 31.4 Å². The number of rotatable bonds is 3. The Labute approximate surface area is 124 Å². The zero-order valence-electron chi connectivity index (χ0n) is 12.4. The summed E-state index contributed by atoms with van der Waals surface area (Å²) in [7, 11) is 1.40. The predicted molar refractivity (Wildman–Crippen MR) is 83.7 cm³/mol. The Morgan fingerprint density at radius 2 is 2.25 bits per heavy atom. The Hall–Kier alpha value is -1.23. The topological polar surface area (TPSA) is 42.4 Å². The number of thioether (sulfide) groups is 1. The molecule has 1 fully saturated rings. The van der Waals surface area contributed by atoms with Gasteiger partial charge in [-0.05, 0) is 38.2 Å². The van der Waals surface area contributed by atoms with Gasteiger partial charge in [-0.3, -0.25) is 0 Å². The lowest BCUT2D eigenvalue weighted by Crippen LogP contribution is -2.30. The molecule has 1 atom stereocenters. The van der Waals surface area contributed by atoms with E-state index in [1.807, 2.05) is 30.8 Å². The summed E-state index contributed by atoms with van der Waals surface area (Å²) in [5.41, 5.74) is 1.28. The van der Waals surface area contributed by atoms with Crippen molar-refractivity contribution in [3.63, 3.8) is 0 Å². The van der Waals surface area contributed by atoms with Gasteiger partial charge in [0.15, 0.2) is 0 Å². The van der Waals surface area contributed by atoms with Crippen LogP contribution in [0.4, 0.5) is 5.82 Å². The van der Waals surface area contributed by atoms with E-state index in [1.54, 1.807) is 0 Å². The van der Waals surface area contributed by atoms with Crippen LogP contribution in [0.5, 0.6) is 0 Å². The number of anilines is 1. The minimum absolute atomic E-state index is 0.320. The molecule has 0 spiro atoms. The third-order valence-corrected chi connectivity index (χ3v) is 4.81. The molecule has 1 saturated heterocycles. The van der Waals surface area contributed by atoms with E-state index < -0.39 is 0 Å². The van der Waals surface area contributed by atoms with Gasteiger partial charge in [0, 0.05) is 18.3 Å².